The van der Waals surface area contributed by atoms with E-state index in [2.05, 4.69) is 10.6 Å². The molecule has 2 fully saturated rings. The number of fused-ring (bicyclic) bond motifs is 7. The van der Waals surface area contributed by atoms with E-state index in [9.17, 15) is 0 Å². The Labute approximate surface area is 157 Å². The predicted octanol–water partition coefficient (Wildman–Crippen LogP) is -0.190. The fourth-order valence-corrected chi connectivity index (χ4v) is 2.82. The highest BCUT2D eigenvalue weighted by atomic mass is 16.5. The van der Waals surface area contributed by atoms with Crippen LogP contribution in [-0.2, 0) is 28.4 Å². The fourth-order valence-electron chi connectivity index (χ4n) is 2.82. The minimum absolute atomic E-state index is 0.247. The monoisotopic (exact) mass is 376 g/mol. The van der Waals surface area contributed by atoms with Gasteiger partial charge in [-0.2, -0.15) is 0 Å². The third-order valence-electron chi connectivity index (χ3n) is 4.33. The van der Waals surface area contributed by atoms with Crippen LogP contribution in [0.4, 0.5) is 0 Å². The van der Waals surface area contributed by atoms with E-state index in [1.165, 1.54) is 0 Å². The average Bonchev–Trinajstić information content (AvgIpc) is 2.64. The van der Waals surface area contributed by atoms with Gasteiger partial charge in [0.2, 0.25) is 0 Å². The van der Waals surface area contributed by atoms with Crippen LogP contribution >= 0.6 is 0 Å². The molecule has 2 bridgehead atoms. The number of hydrogen-bond donors (Lipinski definition) is 2. The number of rotatable bonds is 0. The highest BCUT2D eigenvalue weighted by molar-refractivity contribution is 4.68. The largest absolute Gasteiger partial charge is 0.379 e. The second-order valence-corrected chi connectivity index (χ2v) is 6.48. The van der Waals surface area contributed by atoms with Crippen LogP contribution in [-0.4, -0.2) is 104 Å². The minimum Gasteiger partial charge on any atom is -0.379 e. The Morgan fingerprint density at radius 2 is 0.808 bits per heavy atom. The molecule has 2 saturated heterocycles. The maximum Gasteiger partial charge on any atom is 0.0701 e. The van der Waals surface area contributed by atoms with Crippen LogP contribution in [0.3, 0.4) is 0 Å². The Bertz CT molecular complexity index is 294. The van der Waals surface area contributed by atoms with Crippen molar-refractivity contribution in [2.75, 3.05) is 92.4 Å². The summed E-state index contributed by atoms with van der Waals surface area (Å²) in [6, 6.07) is 0.494. The lowest BCUT2D eigenvalue weighted by Crippen LogP contribution is -2.39. The summed E-state index contributed by atoms with van der Waals surface area (Å²) in [7, 11) is 0. The van der Waals surface area contributed by atoms with Crippen LogP contribution in [0.2, 0.25) is 0 Å². The molecule has 2 aliphatic heterocycles. The van der Waals surface area contributed by atoms with Crippen LogP contribution in [0.25, 0.3) is 0 Å². The van der Waals surface area contributed by atoms with Gasteiger partial charge in [-0.3, -0.25) is 0 Å². The standard InChI is InChI=1S/C18H36N2O6/c1-5-21-9-10-22-6-2-18-16-26-14-13-25-15-17(1)19-3-7-23-11-12-24-8-4-20-18/h17-20H,1-16H2. The van der Waals surface area contributed by atoms with Gasteiger partial charge in [0.15, 0.2) is 0 Å². The molecule has 2 atom stereocenters. The molecule has 0 aromatic rings. The molecule has 26 heavy (non-hydrogen) atoms. The third-order valence-corrected chi connectivity index (χ3v) is 4.33. The maximum absolute atomic E-state index is 5.78. The van der Waals surface area contributed by atoms with Crippen molar-refractivity contribution < 1.29 is 28.4 Å². The topological polar surface area (TPSA) is 79.4 Å². The number of nitrogens with one attached hydrogen (secondary N) is 2. The van der Waals surface area contributed by atoms with Gasteiger partial charge >= 0.3 is 0 Å². The molecule has 2 rings (SSSR count). The Morgan fingerprint density at radius 3 is 1.27 bits per heavy atom. The van der Waals surface area contributed by atoms with Gasteiger partial charge in [0.05, 0.1) is 66.1 Å². The molecule has 0 aliphatic carbocycles. The molecule has 154 valence electrons. The SMILES string of the molecule is C1COCCOCCNC2CCOCCOCCC(COCCOC2)N1. The zero-order valence-electron chi connectivity index (χ0n) is 15.9. The highest BCUT2D eigenvalue weighted by Gasteiger charge is 2.11. The lowest BCUT2D eigenvalue weighted by atomic mass is 10.2. The molecule has 0 radical (unpaired) electrons. The minimum atomic E-state index is 0.247. The molecular formula is C18H36N2O6. The molecule has 2 N–H and O–H groups in total. The molecule has 0 amide bonds. The van der Waals surface area contributed by atoms with Crippen molar-refractivity contribution in [3.63, 3.8) is 0 Å². The normalized spacial score (nSPS) is 30.5. The van der Waals surface area contributed by atoms with Crippen LogP contribution in [0.15, 0.2) is 0 Å². The summed E-state index contributed by atoms with van der Waals surface area (Å²) >= 11 is 0. The van der Waals surface area contributed by atoms with E-state index >= 15 is 0 Å². The average molecular weight is 376 g/mol. The van der Waals surface area contributed by atoms with Gasteiger partial charge in [-0.05, 0) is 12.8 Å². The van der Waals surface area contributed by atoms with E-state index in [-0.39, 0.29) is 12.1 Å². The molecular weight excluding hydrogens is 340 g/mol. The maximum atomic E-state index is 5.78. The van der Waals surface area contributed by atoms with Gasteiger partial charge in [0, 0.05) is 38.4 Å². The summed E-state index contributed by atoms with van der Waals surface area (Å²) in [5.74, 6) is 0. The summed E-state index contributed by atoms with van der Waals surface area (Å²) < 4.78 is 34.1. The van der Waals surface area contributed by atoms with E-state index in [1.807, 2.05) is 0 Å². The first-order chi connectivity index (χ1) is 12.9. The van der Waals surface area contributed by atoms with Crippen molar-refractivity contribution in [3.05, 3.63) is 0 Å². The first-order valence-corrected chi connectivity index (χ1v) is 9.88. The molecule has 8 nitrogen and oxygen atoms in total. The molecule has 0 spiro atoms. The van der Waals surface area contributed by atoms with Crippen LogP contribution in [0, 0.1) is 0 Å². The Hall–Kier alpha value is -0.320. The van der Waals surface area contributed by atoms with Crippen LogP contribution in [0.5, 0.6) is 0 Å². The van der Waals surface area contributed by atoms with Crippen molar-refractivity contribution in [1.29, 1.82) is 0 Å². The van der Waals surface area contributed by atoms with E-state index in [0.717, 1.165) is 25.9 Å². The lowest BCUT2D eigenvalue weighted by molar-refractivity contribution is 0.00319. The molecule has 0 saturated carbocycles. The molecule has 8 heteroatoms. The zero-order valence-corrected chi connectivity index (χ0v) is 15.9. The van der Waals surface area contributed by atoms with E-state index in [4.69, 9.17) is 28.4 Å². The van der Waals surface area contributed by atoms with Crippen molar-refractivity contribution in [2.45, 2.75) is 24.9 Å². The van der Waals surface area contributed by atoms with Gasteiger partial charge in [0.25, 0.3) is 0 Å². The summed E-state index contributed by atoms with van der Waals surface area (Å²) in [5.41, 5.74) is 0. The first-order valence-electron chi connectivity index (χ1n) is 9.88. The van der Waals surface area contributed by atoms with Gasteiger partial charge in [-0.15, -0.1) is 0 Å². The molecule has 0 aromatic carbocycles. The summed E-state index contributed by atoms with van der Waals surface area (Å²) in [6.45, 7) is 9.27. The Morgan fingerprint density at radius 1 is 0.423 bits per heavy atom. The van der Waals surface area contributed by atoms with Crippen LogP contribution in [0.1, 0.15) is 12.8 Å². The molecule has 0 aromatic heterocycles. The first kappa shape index (κ1) is 22.0. The second-order valence-electron chi connectivity index (χ2n) is 6.48. The van der Waals surface area contributed by atoms with Crippen molar-refractivity contribution >= 4 is 0 Å². The highest BCUT2D eigenvalue weighted by Crippen LogP contribution is 1.99. The predicted molar refractivity (Wildman–Crippen MR) is 97.7 cm³/mol. The smallest absolute Gasteiger partial charge is 0.0701 e. The summed E-state index contributed by atoms with van der Waals surface area (Å²) in [5, 5.41) is 6.96. The van der Waals surface area contributed by atoms with E-state index in [1.54, 1.807) is 0 Å². The van der Waals surface area contributed by atoms with Crippen molar-refractivity contribution in [3.8, 4) is 0 Å². The lowest BCUT2D eigenvalue weighted by Gasteiger charge is -2.22. The molecule has 2 heterocycles. The van der Waals surface area contributed by atoms with Gasteiger partial charge in [0.1, 0.15) is 0 Å². The van der Waals surface area contributed by atoms with Crippen molar-refractivity contribution in [1.82, 2.24) is 10.6 Å². The molecule has 2 aliphatic rings. The van der Waals surface area contributed by atoms with Gasteiger partial charge in [-0.25, -0.2) is 0 Å². The fraction of sp³-hybridized carbons (Fsp3) is 1.00. The number of hydrogen-bond acceptors (Lipinski definition) is 8. The summed E-state index contributed by atoms with van der Waals surface area (Å²) in [4.78, 5) is 0. The van der Waals surface area contributed by atoms with E-state index in [0.29, 0.717) is 79.3 Å². The molecule has 2 unspecified atom stereocenters. The zero-order chi connectivity index (χ0) is 18.1. The van der Waals surface area contributed by atoms with Crippen LogP contribution < -0.4 is 10.6 Å². The quantitative estimate of drug-likeness (QED) is 0.602. The Balaban J connectivity index is 1.85. The van der Waals surface area contributed by atoms with Crippen molar-refractivity contribution in [2.24, 2.45) is 0 Å². The van der Waals surface area contributed by atoms with Gasteiger partial charge in [-0.1, -0.05) is 0 Å². The Kier molecular flexibility index (Phi) is 13.3. The van der Waals surface area contributed by atoms with Gasteiger partial charge < -0.3 is 39.1 Å². The second kappa shape index (κ2) is 15.7. The third kappa shape index (κ3) is 11.4. The van der Waals surface area contributed by atoms with E-state index < -0.39 is 0 Å². The number of ether oxygens (including phenoxy) is 6. The summed E-state index contributed by atoms with van der Waals surface area (Å²) in [6.07, 6.45) is 1.80.